The molecule has 0 bridgehead atoms. The average molecular weight is 354 g/mol. The minimum Gasteiger partial charge on any atom is -0.497 e. The van der Waals surface area contributed by atoms with Crippen LogP contribution in [0.4, 0.5) is 0 Å². The number of hydrogen-bond acceptors (Lipinski definition) is 4. The number of carbonyl (C=O) groups excluding carboxylic acids is 2. The van der Waals surface area contributed by atoms with E-state index in [1.165, 1.54) is 11.6 Å². The Morgan fingerprint density at radius 1 is 0.962 bits per heavy atom. The Balaban J connectivity index is 1.71. The van der Waals surface area contributed by atoms with E-state index in [2.05, 4.69) is 17.8 Å². The molecule has 136 valence electrons. The number of carbonyl (C=O) groups is 2. The molecule has 2 aromatic rings. The van der Waals surface area contributed by atoms with E-state index >= 15 is 0 Å². The summed E-state index contributed by atoms with van der Waals surface area (Å²) < 4.78 is 10.4. The molecule has 0 aromatic heterocycles. The number of ether oxygens (including phenoxy) is 2. The molecule has 2 aromatic carbocycles. The van der Waals surface area contributed by atoms with Gasteiger partial charge in [0, 0.05) is 6.08 Å². The van der Waals surface area contributed by atoms with E-state index < -0.39 is 11.8 Å². The van der Waals surface area contributed by atoms with Gasteiger partial charge >= 0.3 is 0 Å². The molecule has 0 aliphatic rings. The Labute approximate surface area is 152 Å². The van der Waals surface area contributed by atoms with Gasteiger partial charge in [0.25, 0.3) is 11.8 Å². The van der Waals surface area contributed by atoms with Crippen molar-refractivity contribution in [3.63, 3.8) is 0 Å². The number of hydrazine groups is 1. The fourth-order valence-electron chi connectivity index (χ4n) is 2.07. The Morgan fingerprint density at radius 3 is 2.23 bits per heavy atom. The van der Waals surface area contributed by atoms with Crippen molar-refractivity contribution >= 4 is 17.9 Å². The van der Waals surface area contributed by atoms with Crippen molar-refractivity contribution in [1.29, 1.82) is 0 Å². The third kappa shape index (κ3) is 6.32. The van der Waals surface area contributed by atoms with E-state index in [1.807, 2.05) is 36.4 Å². The van der Waals surface area contributed by atoms with Crippen LogP contribution in [-0.4, -0.2) is 25.5 Å². The Hall–Kier alpha value is -3.28. The maximum atomic E-state index is 11.7. The summed E-state index contributed by atoms with van der Waals surface area (Å²) in [5.41, 5.74) is 6.63. The highest BCUT2D eigenvalue weighted by atomic mass is 16.5. The summed E-state index contributed by atoms with van der Waals surface area (Å²) in [6.45, 7) is 1.88. The van der Waals surface area contributed by atoms with Crippen LogP contribution in [0.15, 0.2) is 54.6 Å². The molecule has 6 heteroatoms. The second-order valence-electron chi connectivity index (χ2n) is 5.43. The third-order valence-corrected chi connectivity index (χ3v) is 3.57. The Kier molecular flexibility index (Phi) is 7.24. The lowest BCUT2D eigenvalue weighted by atomic mass is 10.2. The molecule has 0 aliphatic carbocycles. The highest BCUT2D eigenvalue weighted by molar-refractivity contribution is 5.93. The number of amides is 2. The van der Waals surface area contributed by atoms with Gasteiger partial charge in [0.15, 0.2) is 6.61 Å². The first-order chi connectivity index (χ1) is 12.6. The first kappa shape index (κ1) is 19.1. The van der Waals surface area contributed by atoms with Crippen molar-refractivity contribution in [3.8, 4) is 11.5 Å². The van der Waals surface area contributed by atoms with Crippen molar-refractivity contribution in [2.24, 2.45) is 0 Å². The first-order valence-electron chi connectivity index (χ1n) is 8.23. The second-order valence-corrected chi connectivity index (χ2v) is 5.43. The fraction of sp³-hybridized carbons (Fsp3) is 0.200. The Bertz CT molecular complexity index is 752. The molecule has 0 saturated heterocycles. The van der Waals surface area contributed by atoms with Gasteiger partial charge in [0.2, 0.25) is 0 Å². The molecule has 0 atom stereocenters. The molecule has 0 saturated carbocycles. The normalized spacial score (nSPS) is 10.4. The van der Waals surface area contributed by atoms with Crippen LogP contribution in [0.2, 0.25) is 0 Å². The van der Waals surface area contributed by atoms with Gasteiger partial charge in [-0.2, -0.15) is 0 Å². The topological polar surface area (TPSA) is 76.7 Å². The predicted molar refractivity (Wildman–Crippen MR) is 99.6 cm³/mol. The molecule has 0 aliphatic heterocycles. The van der Waals surface area contributed by atoms with Gasteiger partial charge in [-0.15, -0.1) is 0 Å². The fourth-order valence-corrected chi connectivity index (χ4v) is 2.07. The lowest BCUT2D eigenvalue weighted by Gasteiger charge is -2.08. The van der Waals surface area contributed by atoms with Crippen molar-refractivity contribution < 1.29 is 19.1 Å². The molecule has 0 unspecified atom stereocenters. The molecule has 6 nitrogen and oxygen atoms in total. The molecule has 0 spiro atoms. The largest absolute Gasteiger partial charge is 0.497 e. The van der Waals surface area contributed by atoms with Gasteiger partial charge in [-0.1, -0.05) is 31.2 Å². The zero-order chi connectivity index (χ0) is 18.8. The van der Waals surface area contributed by atoms with E-state index in [9.17, 15) is 9.59 Å². The summed E-state index contributed by atoms with van der Waals surface area (Å²) in [5, 5.41) is 0. The Morgan fingerprint density at radius 2 is 1.62 bits per heavy atom. The predicted octanol–water partition coefficient (Wildman–Crippen LogP) is 2.50. The molecule has 2 rings (SSSR count). The van der Waals surface area contributed by atoms with Gasteiger partial charge in [-0.25, -0.2) is 0 Å². The van der Waals surface area contributed by atoms with Crippen LogP contribution in [0.25, 0.3) is 6.08 Å². The molecule has 0 radical (unpaired) electrons. The number of benzene rings is 2. The van der Waals surface area contributed by atoms with Gasteiger partial charge in [0.05, 0.1) is 7.11 Å². The second kappa shape index (κ2) is 9.88. The lowest BCUT2D eigenvalue weighted by Crippen LogP contribution is -2.43. The number of aryl methyl sites for hydroxylation is 1. The monoisotopic (exact) mass is 354 g/mol. The van der Waals surface area contributed by atoms with E-state index in [0.717, 1.165) is 17.7 Å². The van der Waals surface area contributed by atoms with Crippen molar-refractivity contribution in [2.75, 3.05) is 13.7 Å². The molecular weight excluding hydrogens is 332 g/mol. The number of hydrogen-bond donors (Lipinski definition) is 2. The highest BCUT2D eigenvalue weighted by Crippen LogP contribution is 2.13. The van der Waals surface area contributed by atoms with Crippen LogP contribution in [0.5, 0.6) is 11.5 Å². The molecule has 0 fully saturated rings. The average Bonchev–Trinajstić information content (AvgIpc) is 2.69. The van der Waals surface area contributed by atoms with Gasteiger partial charge < -0.3 is 9.47 Å². The summed E-state index contributed by atoms with van der Waals surface area (Å²) in [6, 6.07) is 14.7. The van der Waals surface area contributed by atoms with Crippen molar-refractivity contribution in [2.45, 2.75) is 13.3 Å². The SMILES string of the molecule is CCc1ccc(OCC(=O)NNC(=O)C=Cc2ccc(OC)cc2)cc1. The minimum atomic E-state index is -0.448. The van der Waals surface area contributed by atoms with Crippen LogP contribution in [0, 0.1) is 0 Å². The molecule has 26 heavy (non-hydrogen) atoms. The molecule has 0 heterocycles. The number of methoxy groups -OCH3 is 1. The maximum Gasteiger partial charge on any atom is 0.276 e. The highest BCUT2D eigenvalue weighted by Gasteiger charge is 2.04. The summed E-state index contributed by atoms with van der Waals surface area (Å²) in [6.07, 6.45) is 3.90. The van der Waals surface area contributed by atoms with Crippen LogP contribution >= 0.6 is 0 Å². The lowest BCUT2D eigenvalue weighted by molar-refractivity contribution is -0.128. The maximum absolute atomic E-state index is 11.7. The zero-order valence-corrected chi connectivity index (χ0v) is 14.8. The molecule has 2 amide bonds. The van der Waals surface area contributed by atoms with Crippen molar-refractivity contribution in [1.82, 2.24) is 10.9 Å². The van der Waals surface area contributed by atoms with Crippen LogP contribution in [-0.2, 0) is 16.0 Å². The minimum absolute atomic E-state index is 0.187. The van der Waals surface area contributed by atoms with Crippen LogP contribution in [0.3, 0.4) is 0 Å². The number of nitrogens with one attached hydrogen (secondary N) is 2. The van der Waals surface area contributed by atoms with E-state index in [1.54, 1.807) is 25.3 Å². The first-order valence-corrected chi connectivity index (χ1v) is 8.23. The number of rotatable bonds is 7. The van der Waals surface area contributed by atoms with Gasteiger partial charge in [-0.3, -0.25) is 20.4 Å². The summed E-state index contributed by atoms with van der Waals surface area (Å²) in [7, 11) is 1.59. The van der Waals surface area contributed by atoms with Crippen molar-refractivity contribution in [3.05, 3.63) is 65.7 Å². The third-order valence-electron chi connectivity index (χ3n) is 3.57. The molecule has 2 N–H and O–H groups in total. The molecular formula is C20H22N2O4. The van der Waals surface area contributed by atoms with E-state index in [-0.39, 0.29) is 6.61 Å². The smallest absolute Gasteiger partial charge is 0.276 e. The van der Waals surface area contributed by atoms with Gasteiger partial charge in [-0.05, 0) is 47.9 Å². The summed E-state index contributed by atoms with van der Waals surface area (Å²) in [4.78, 5) is 23.4. The summed E-state index contributed by atoms with van der Waals surface area (Å²) in [5.74, 6) is 0.448. The van der Waals surface area contributed by atoms with E-state index in [0.29, 0.717) is 5.75 Å². The summed E-state index contributed by atoms with van der Waals surface area (Å²) >= 11 is 0. The van der Waals surface area contributed by atoms with E-state index in [4.69, 9.17) is 9.47 Å². The quantitative estimate of drug-likeness (QED) is 0.592. The van der Waals surface area contributed by atoms with Crippen LogP contribution < -0.4 is 20.3 Å². The standard InChI is InChI=1S/C20H22N2O4/c1-3-15-4-11-18(12-5-15)26-14-20(24)22-21-19(23)13-8-16-6-9-17(25-2)10-7-16/h4-13H,3,14H2,1-2H3,(H,21,23)(H,22,24). The van der Waals surface area contributed by atoms with Gasteiger partial charge in [0.1, 0.15) is 11.5 Å². The zero-order valence-electron chi connectivity index (χ0n) is 14.8. The van der Waals surface area contributed by atoms with Crippen LogP contribution in [0.1, 0.15) is 18.1 Å².